The second-order valence-electron chi connectivity index (χ2n) is 12.2. The first-order valence-electron chi connectivity index (χ1n) is 15.1. The highest BCUT2D eigenvalue weighted by Gasteiger charge is 2.49. The summed E-state index contributed by atoms with van der Waals surface area (Å²) < 4.78 is 35.6. The molecule has 1 N–H and O–H groups in total. The van der Waals surface area contributed by atoms with E-state index in [2.05, 4.69) is 11.0 Å². The lowest BCUT2D eigenvalue weighted by molar-refractivity contribution is 0.0996. The molecule has 0 radical (unpaired) electrons. The topological polar surface area (TPSA) is 106 Å². The molecule has 4 aliphatic rings. The number of carbonyl (C=O) groups is 1. The van der Waals surface area contributed by atoms with Gasteiger partial charge >= 0.3 is 6.01 Å². The summed E-state index contributed by atoms with van der Waals surface area (Å²) in [5.41, 5.74) is 1.32. The molecule has 0 aliphatic carbocycles. The van der Waals surface area contributed by atoms with Gasteiger partial charge < -0.3 is 19.6 Å². The van der Waals surface area contributed by atoms with Crippen molar-refractivity contribution in [3.63, 3.8) is 0 Å². The van der Waals surface area contributed by atoms with Gasteiger partial charge in [-0.15, -0.1) is 0 Å². The molecule has 43 heavy (non-hydrogen) atoms. The summed E-state index contributed by atoms with van der Waals surface area (Å²) in [4.78, 5) is 29.3. The number of fused-ring (bicyclic) bond motifs is 3. The SMILES string of the molecule is CCc1c(F)ccc2cc(O)cc(N3Cc4nc(OCC56CCCN5CC(F)C6)nc(N5CCC(C#N)CC5)c4C3=O)c12. The van der Waals surface area contributed by atoms with Gasteiger partial charge in [-0.25, -0.2) is 8.78 Å². The van der Waals surface area contributed by atoms with Crippen LogP contribution in [-0.2, 0) is 13.0 Å². The number of anilines is 2. The van der Waals surface area contributed by atoms with Crippen LogP contribution in [0.5, 0.6) is 11.8 Å². The molecule has 3 saturated heterocycles. The number of carbonyl (C=O) groups excluding carboxylic acids is 1. The molecule has 5 heterocycles. The van der Waals surface area contributed by atoms with Crippen LogP contribution in [0.1, 0.15) is 60.6 Å². The number of aromatic hydroxyl groups is 1. The second kappa shape index (κ2) is 10.6. The third-order valence-corrected chi connectivity index (χ3v) is 9.70. The number of nitriles is 1. The first-order valence-corrected chi connectivity index (χ1v) is 15.1. The van der Waals surface area contributed by atoms with Crippen LogP contribution in [0, 0.1) is 23.1 Å². The van der Waals surface area contributed by atoms with E-state index in [1.165, 1.54) is 17.0 Å². The molecular formula is C32H34F2N6O3. The van der Waals surface area contributed by atoms with E-state index < -0.39 is 6.17 Å². The smallest absolute Gasteiger partial charge is 0.318 e. The number of rotatable bonds is 6. The minimum absolute atomic E-state index is 0.0306. The standard InChI is InChI=1S/C32H34F2N6O3/c1-2-23-24(34)5-4-20-12-22(41)13-26(27(20)23)40-17-25-28(30(40)42)29(38-10-6-19(15-35)7-11-38)37-31(36-25)43-18-32-8-3-9-39(32)16-21(33)14-32/h4-5,12-13,19,21,41H,2-3,6-11,14,16-18H2,1H3. The molecule has 9 nitrogen and oxygen atoms in total. The van der Waals surface area contributed by atoms with Gasteiger partial charge in [0.25, 0.3) is 5.91 Å². The summed E-state index contributed by atoms with van der Waals surface area (Å²) in [7, 11) is 0. The maximum atomic E-state index is 14.9. The van der Waals surface area contributed by atoms with Crippen molar-refractivity contribution in [3.05, 3.63) is 46.9 Å². The number of aromatic nitrogens is 2. The van der Waals surface area contributed by atoms with Crippen molar-refractivity contribution in [1.29, 1.82) is 5.26 Å². The number of amides is 1. The van der Waals surface area contributed by atoms with Crippen LogP contribution in [0.2, 0.25) is 0 Å². The van der Waals surface area contributed by atoms with Gasteiger partial charge in [0.1, 0.15) is 35.7 Å². The average Bonchev–Trinajstić information content (AvgIpc) is 3.65. The van der Waals surface area contributed by atoms with Crippen LogP contribution in [0.15, 0.2) is 24.3 Å². The number of hydrogen-bond donors (Lipinski definition) is 1. The lowest BCUT2D eigenvalue weighted by atomic mass is 9.95. The van der Waals surface area contributed by atoms with E-state index >= 15 is 0 Å². The van der Waals surface area contributed by atoms with Crippen LogP contribution in [0.25, 0.3) is 10.8 Å². The largest absolute Gasteiger partial charge is 0.508 e. The van der Waals surface area contributed by atoms with Gasteiger partial charge in [-0.3, -0.25) is 9.69 Å². The number of alkyl halides is 1. The Balaban J connectivity index is 1.28. The van der Waals surface area contributed by atoms with E-state index in [4.69, 9.17) is 14.7 Å². The molecule has 1 amide bonds. The van der Waals surface area contributed by atoms with Gasteiger partial charge in [0.15, 0.2) is 0 Å². The number of aryl methyl sites for hydroxylation is 1. The maximum Gasteiger partial charge on any atom is 0.318 e. The molecule has 4 aliphatic heterocycles. The Bertz CT molecular complexity index is 1650. The number of piperidine rings is 1. The van der Waals surface area contributed by atoms with Gasteiger partial charge in [0.05, 0.1) is 29.5 Å². The van der Waals surface area contributed by atoms with Crippen molar-refractivity contribution in [3.8, 4) is 17.8 Å². The zero-order valence-electron chi connectivity index (χ0n) is 24.2. The Hall–Kier alpha value is -4.04. The molecular weight excluding hydrogens is 554 g/mol. The molecule has 2 atom stereocenters. The Kier molecular flexibility index (Phi) is 6.84. The van der Waals surface area contributed by atoms with Crippen LogP contribution >= 0.6 is 0 Å². The Morgan fingerprint density at radius 2 is 2.02 bits per heavy atom. The third-order valence-electron chi connectivity index (χ3n) is 9.70. The van der Waals surface area contributed by atoms with Gasteiger partial charge in [-0.2, -0.15) is 15.2 Å². The molecule has 0 saturated carbocycles. The summed E-state index contributed by atoms with van der Waals surface area (Å²) >= 11 is 0. The summed E-state index contributed by atoms with van der Waals surface area (Å²) in [6.45, 7) is 4.57. The van der Waals surface area contributed by atoms with Crippen molar-refractivity contribution >= 4 is 28.2 Å². The van der Waals surface area contributed by atoms with Gasteiger partial charge in [0, 0.05) is 43.4 Å². The van der Waals surface area contributed by atoms with E-state index in [1.54, 1.807) is 12.1 Å². The number of hydrogen-bond acceptors (Lipinski definition) is 8. The summed E-state index contributed by atoms with van der Waals surface area (Å²) in [5, 5.41) is 21.2. The fourth-order valence-electron chi connectivity index (χ4n) is 7.55. The minimum atomic E-state index is -0.886. The van der Waals surface area contributed by atoms with Gasteiger partial charge in [-0.05, 0) is 61.7 Å². The molecule has 11 heteroatoms. The second-order valence-corrected chi connectivity index (χ2v) is 12.2. The normalized spacial score (nSPS) is 24.0. The van der Waals surface area contributed by atoms with Crippen LogP contribution in [0.4, 0.5) is 20.3 Å². The molecule has 0 spiro atoms. The third kappa shape index (κ3) is 4.63. The van der Waals surface area contributed by atoms with E-state index in [9.17, 15) is 23.9 Å². The van der Waals surface area contributed by atoms with Crippen molar-refractivity contribution in [1.82, 2.24) is 14.9 Å². The molecule has 2 unspecified atom stereocenters. The fraction of sp³-hybridized carbons (Fsp3) is 0.500. The first-order chi connectivity index (χ1) is 20.8. The number of halogens is 2. The van der Waals surface area contributed by atoms with Crippen LogP contribution in [-0.4, -0.2) is 70.4 Å². The first kappa shape index (κ1) is 27.8. The molecule has 224 valence electrons. The Morgan fingerprint density at radius 1 is 1.21 bits per heavy atom. The van der Waals surface area contributed by atoms with Crippen LogP contribution in [0.3, 0.4) is 0 Å². The van der Waals surface area contributed by atoms with E-state index in [1.807, 2.05) is 11.8 Å². The molecule has 7 rings (SSSR count). The fourth-order valence-corrected chi connectivity index (χ4v) is 7.55. The monoisotopic (exact) mass is 588 g/mol. The molecule has 1 aromatic heterocycles. The molecule has 3 fully saturated rings. The number of nitrogens with zero attached hydrogens (tertiary/aromatic N) is 6. The number of phenols is 1. The predicted octanol–water partition coefficient (Wildman–Crippen LogP) is 4.89. The Morgan fingerprint density at radius 3 is 2.79 bits per heavy atom. The lowest BCUT2D eigenvalue weighted by Crippen LogP contribution is -2.43. The summed E-state index contributed by atoms with van der Waals surface area (Å²) in [5.74, 6) is -0.347. The van der Waals surface area contributed by atoms with E-state index in [-0.39, 0.29) is 48.1 Å². The summed E-state index contributed by atoms with van der Waals surface area (Å²) in [6, 6.07) is 8.52. The van der Waals surface area contributed by atoms with Crippen molar-refractivity contribution in [2.24, 2.45) is 5.92 Å². The number of benzene rings is 2. The highest BCUT2D eigenvalue weighted by molar-refractivity contribution is 6.16. The van der Waals surface area contributed by atoms with Crippen molar-refractivity contribution in [2.45, 2.75) is 63.7 Å². The molecule has 2 aromatic carbocycles. The maximum absolute atomic E-state index is 14.9. The van der Waals surface area contributed by atoms with Gasteiger partial charge in [0.2, 0.25) is 0 Å². The highest BCUT2D eigenvalue weighted by atomic mass is 19.1. The highest BCUT2D eigenvalue weighted by Crippen LogP contribution is 2.43. The predicted molar refractivity (Wildman–Crippen MR) is 157 cm³/mol. The Labute approximate surface area is 248 Å². The minimum Gasteiger partial charge on any atom is -0.508 e. The average molecular weight is 589 g/mol. The summed E-state index contributed by atoms with van der Waals surface area (Å²) in [6.07, 6.45) is 3.07. The van der Waals surface area contributed by atoms with Crippen LogP contribution < -0.4 is 14.5 Å². The van der Waals surface area contributed by atoms with E-state index in [0.29, 0.717) is 84.4 Å². The number of ether oxygens (including phenoxy) is 1. The van der Waals surface area contributed by atoms with E-state index in [0.717, 1.165) is 19.4 Å². The quantitative estimate of drug-likeness (QED) is 0.434. The van der Waals surface area contributed by atoms with Crippen molar-refractivity contribution < 1.29 is 23.4 Å². The molecule has 3 aromatic rings. The van der Waals surface area contributed by atoms with Crippen molar-refractivity contribution in [2.75, 3.05) is 42.6 Å². The zero-order valence-corrected chi connectivity index (χ0v) is 24.2. The lowest BCUT2D eigenvalue weighted by Gasteiger charge is -2.32. The zero-order chi connectivity index (χ0) is 29.9. The molecule has 0 bridgehead atoms. The van der Waals surface area contributed by atoms with Gasteiger partial charge in [-0.1, -0.05) is 13.0 Å². The number of phenolic OH excluding ortho intramolecular Hbond substituents is 1.